The number of nitrogens with two attached hydrogens (primary N) is 1. The van der Waals surface area contributed by atoms with Gasteiger partial charge in [0.05, 0.1) is 28.8 Å². The van der Waals surface area contributed by atoms with Crippen LogP contribution < -0.4 is 5.73 Å². The maximum Gasteiger partial charge on any atom is 0.0745 e. The van der Waals surface area contributed by atoms with Crippen molar-refractivity contribution in [1.82, 2.24) is 9.55 Å². The van der Waals surface area contributed by atoms with Gasteiger partial charge in [-0.05, 0) is 34.2 Å². The third kappa shape index (κ3) is 1.63. The fourth-order valence-corrected chi connectivity index (χ4v) is 2.83. The van der Waals surface area contributed by atoms with E-state index in [0.29, 0.717) is 17.1 Å². The van der Waals surface area contributed by atoms with Crippen LogP contribution in [0, 0.1) is 0 Å². The van der Waals surface area contributed by atoms with Crippen molar-refractivity contribution < 1.29 is 0 Å². The summed E-state index contributed by atoms with van der Waals surface area (Å²) in [7, 11) is 0. The minimum absolute atomic E-state index is 0.578. The first kappa shape index (κ1) is 9.49. The van der Waals surface area contributed by atoms with Crippen LogP contribution in [0.25, 0.3) is 10.9 Å². The van der Waals surface area contributed by atoms with Crippen LogP contribution >= 0.6 is 40.0 Å². The highest BCUT2D eigenvalue weighted by Crippen LogP contribution is 2.31. The summed E-state index contributed by atoms with van der Waals surface area (Å²) in [6.45, 7) is 0. The molecule has 0 aliphatic heterocycles. The van der Waals surface area contributed by atoms with Crippen LogP contribution in [0.2, 0.25) is 5.02 Å². The van der Waals surface area contributed by atoms with E-state index in [1.807, 2.05) is 16.6 Å². The smallest absolute Gasteiger partial charge is 0.0745 e. The van der Waals surface area contributed by atoms with Crippen molar-refractivity contribution in [1.29, 1.82) is 0 Å². The zero-order valence-electron chi connectivity index (χ0n) is 6.46. The number of halogens is 2. The molecule has 2 rings (SSSR count). The fourth-order valence-electron chi connectivity index (χ4n) is 1.13. The fraction of sp³-hybridized carbons (Fsp3) is 0. The van der Waals surface area contributed by atoms with Gasteiger partial charge in [0.1, 0.15) is 0 Å². The van der Waals surface area contributed by atoms with Crippen LogP contribution in [-0.2, 0) is 0 Å². The Kier molecular flexibility index (Phi) is 2.62. The van der Waals surface area contributed by atoms with E-state index < -0.39 is 0 Å². The maximum absolute atomic E-state index is 5.91. The van der Waals surface area contributed by atoms with Crippen molar-refractivity contribution in [2.75, 3.05) is 5.73 Å². The summed E-state index contributed by atoms with van der Waals surface area (Å²) >= 11 is 8.18. The number of aromatic nitrogens is 2. The van der Waals surface area contributed by atoms with Crippen molar-refractivity contribution >= 4 is 56.6 Å². The molecule has 0 radical (unpaired) electrons. The van der Waals surface area contributed by atoms with E-state index in [9.17, 15) is 0 Å². The van der Waals surface area contributed by atoms with E-state index in [-0.39, 0.29) is 0 Å². The molecule has 0 saturated heterocycles. The molecule has 0 amide bonds. The topological polar surface area (TPSA) is 43.8 Å². The van der Waals surface area contributed by atoms with E-state index >= 15 is 0 Å². The average molecular weight is 325 g/mol. The zero-order valence-corrected chi connectivity index (χ0v) is 10.4. The summed E-state index contributed by atoms with van der Waals surface area (Å²) < 4.78 is 1.90. The Bertz CT molecular complexity index is 456. The quantitative estimate of drug-likeness (QED) is 0.497. The first-order valence-electron chi connectivity index (χ1n) is 3.52. The standard InChI is InChI=1S/C7H6ClIN3P/c8-5-2-7-4(1-6(5)10)3-11-12(7)13-9/h1-3,13H,10H2. The van der Waals surface area contributed by atoms with E-state index in [2.05, 4.69) is 27.1 Å². The van der Waals surface area contributed by atoms with Gasteiger partial charge < -0.3 is 5.73 Å². The van der Waals surface area contributed by atoms with Gasteiger partial charge in [0.15, 0.2) is 0 Å². The van der Waals surface area contributed by atoms with Gasteiger partial charge in [-0.25, -0.2) is 4.45 Å². The Morgan fingerprint density at radius 2 is 2.31 bits per heavy atom. The van der Waals surface area contributed by atoms with Gasteiger partial charge >= 0.3 is 0 Å². The molecule has 0 bridgehead atoms. The normalized spacial score (nSPS) is 11.8. The maximum atomic E-state index is 5.91. The summed E-state index contributed by atoms with van der Waals surface area (Å²) in [5.41, 5.74) is 7.30. The molecule has 6 heteroatoms. The molecule has 0 aliphatic carbocycles. The Labute approximate surface area is 94.9 Å². The third-order valence-corrected chi connectivity index (χ3v) is 3.98. The predicted octanol–water partition coefficient (Wildman–Crippen LogP) is 3.06. The van der Waals surface area contributed by atoms with Crippen molar-refractivity contribution in [3.63, 3.8) is 0 Å². The molecule has 0 fully saturated rings. The SMILES string of the molecule is Nc1cc2cnn(PI)c2cc1Cl. The molecule has 1 aromatic heterocycles. The highest BCUT2D eigenvalue weighted by Gasteiger charge is 2.04. The van der Waals surface area contributed by atoms with Crippen LogP contribution in [0.4, 0.5) is 5.69 Å². The summed E-state index contributed by atoms with van der Waals surface area (Å²) in [5, 5.41) is 5.82. The highest BCUT2D eigenvalue weighted by molar-refractivity contribution is 14.2. The number of hydrogen-bond acceptors (Lipinski definition) is 2. The molecule has 0 saturated carbocycles. The van der Waals surface area contributed by atoms with Gasteiger partial charge in [0.25, 0.3) is 0 Å². The second-order valence-corrected chi connectivity index (χ2v) is 5.02. The number of nitrogens with zero attached hydrogens (tertiary/aromatic N) is 2. The number of fused-ring (bicyclic) bond motifs is 1. The molecule has 13 heavy (non-hydrogen) atoms. The molecule has 2 N–H and O–H groups in total. The first-order valence-corrected chi connectivity index (χ1v) is 7.95. The molecular weight excluding hydrogens is 319 g/mol. The lowest BCUT2D eigenvalue weighted by Crippen LogP contribution is -1.87. The van der Waals surface area contributed by atoms with Gasteiger partial charge in [0.2, 0.25) is 0 Å². The second-order valence-electron chi connectivity index (χ2n) is 2.57. The van der Waals surface area contributed by atoms with E-state index in [4.69, 9.17) is 17.3 Å². The molecular formula is C7H6ClIN3P. The number of nitrogen functional groups attached to an aromatic ring is 1. The molecule has 68 valence electrons. The Balaban J connectivity index is 2.77. The molecule has 3 nitrogen and oxygen atoms in total. The highest BCUT2D eigenvalue weighted by atomic mass is 127. The van der Waals surface area contributed by atoms with Crippen LogP contribution in [0.3, 0.4) is 0 Å². The Morgan fingerprint density at radius 1 is 1.54 bits per heavy atom. The minimum atomic E-state index is 0.578. The molecule has 2 aromatic rings. The van der Waals surface area contributed by atoms with Crippen molar-refractivity contribution in [2.24, 2.45) is 0 Å². The number of anilines is 1. The third-order valence-electron chi connectivity index (χ3n) is 1.77. The number of hydrogen-bond donors (Lipinski definition) is 1. The first-order chi connectivity index (χ1) is 6.22. The van der Waals surface area contributed by atoms with E-state index in [0.717, 1.165) is 10.9 Å². The summed E-state index contributed by atoms with van der Waals surface area (Å²) in [6, 6.07) is 3.70. The van der Waals surface area contributed by atoms with Crippen molar-refractivity contribution in [3.05, 3.63) is 23.4 Å². The summed E-state index contributed by atoms with van der Waals surface area (Å²) in [4.78, 5) is 0. The predicted molar refractivity (Wildman–Crippen MR) is 66.9 cm³/mol. The summed E-state index contributed by atoms with van der Waals surface area (Å²) in [5.74, 6) is 0. The Hall–Kier alpha value is -0.0600. The Morgan fingerprint density at radius 3 is 3.00 bits per heavy atom. The molecule has 1 heterocycles. The second kappa shape index (κ2) is 3.59. The van der Waals surface area contributed by atoms with Gasteiger partial charge in [-0.15, -0.1) is 0 Å². The largest absolute Gasteiger partial charge is 0.398 e. The van der Waals surface area contributed by atoms with Crippen LogP contribution in [0.15, 0.2) is 18.3 Å². The number of rotatable bonds is 1. The van der Waals surface area contributed by atoms with Crippen molar-refractivity contribution in [3.8, 4) is 0 Å². The van der Waals surface area contributed by atoms with Gasteiger partial charge in [0, 0.05) is 5.39 Å². The molecule has 1 atom stereocenters. The molecule has 0 aliphatic rings. The lowest BCUT2D eigenvalue weighted by Gasteiger charge is -1.99. The average Bonchev–Trinajstić information content (AvgIpc) is 2.48. The van der Waals surface area contributed by atoms with Gasteiger partial charge in [-0.2, -0.15) is 5.10 Å². The number of benzene rings is 1. The van der Waals surface area contributed by atoms with E-state index in [1.54, 1.807) is 6.20 Å². The minimum Gasteiger partial charge on any atom is -0.398 e. The summed E-state index contributed by atoms with van der Waals surface area (Å²) in [6.07, 6.45) is 2.38. The van der Waals surface area contributed by atoms with Crippen LogP contribution in [-0.4, -0.2) is 9.55 Å². The van der Waals surface area contributed by atoms with Crippen molar-refractivity contribution in [2.45, 2.75) is 0 Å². The lowest BCUT2D eigenvalue weighted by atomic mass is 10.2. The van der Waals surface area contributed by atoms with Gasteiger partial charge in [-0.3, -0.25) is 0 Å². The molecule has 1 unspecified atom stereocenters. The van der Waals surface area contributed by atoms with E-state index in [1.165, 1.54) is 0 Å². The lowest BCUT2D eigenvalue weighted by molar-refractivity contribution is 1.04. The zero-order chi connectivity index (χ0) is 9.42. The molecule has 0 spiro atoms. The van der Waals surface area contributed by atoms with Gasteiger partial charge in [-0.1, -0.05) is 11.6 Å². The molecule has 1 aromatic carbocycles. The van der Waals surface area contributed by atoms with Crippen LogP contribution in [0.1, 0.15) is 0 Å². The van der Waals surface area contributed by atoms with Crippen LogP contribution in [0.5, 0.6) is 0 Å². The monoisotopic (exact) mass is 325 g/mol.